The zero-order chi connectivity index (χ0) is 21.4. The van der Waals surface area contributed by atoms with E-state index in [-0.39, 0.29) is 11.8 Å². The lowest BCUT2D eigenvalue weighted by Crippen LogP contribution is -2.18. The molecular weight excluding hydrogens is 398 g/mol. The minimum Gasteiger partial charge on any atom is -0.495 e. The third-order valence-corrected chi connectivity index (χ3v) is 5.64. The average molecular weight is 422 g/mol. The van der Waals surface area contributed by atoms with E-state index in [1.807, 2.05) is 57.4 Å². The maximum absolute atomic E-state index is 13.2. The SMILES string of the molecule is COc1cc2c(cc1NC(=O)c1c(C)nc(C(C)C)nc1SC)oc1ccccc12. The van der Waals surface area contributed by atoms with Crippen molar-refractivity contribution in [2.24, 2.45) is 0 Å². The van der Waals surface area contributed by atoms with Gasteiger partial charge in [0.25, 0.3) is 5.91 Å². The van der Waals surface area contributed by atoms with Crippen LogP contribution < -0.4 is 10.1 Å². The lowest BCUT2D eigenvalue weighted by molar-refractivity contribution is 0.102. The normalized spacial score (nSPS) is 11.4. The number of para-hydroxylation sites is 1. The lowest BCUT2D eigenvalue weighted by atomic mass is 10.1. The van der Waals surface area contributed by atoms with Crippen molar-refractivity contribution in [3.8, 4) is 5.75 Å². The fourth-order valence-corrected chi connectivity index (χ4v) is 4.07. The lowest BCUT2D eigenvalue weighted by Gasteiger charge is -2.15. The van der Waals surface area contributed by atoms with Gasteiger partial charge in [-0.05, 0) is 25.3 Å². The van der Waals surface area contributed by atoms with Crippen LogP contribution in [0.2, 0.25) is 0 Å². The van der Waals surface area contributed by atoms with E-state index in [0.29, 0.717) is 33.3 Å². The largest absolute Gasteiger partial charge is 0.495 e. The summed E-state index contributed by atoms with van der Waals surface area (Å²) in [6.45, 7) is 5.90. The third-order valence-electron chi connectivity index (χ3n) is 4.96. The van der Waals surface area contributed by atoms with Gasteiger partial charge in [0.1, 0.15) is 27.8 Å². The number of nitrogens with one attached hydrogen (secondary N) is 1. The molecule has 0 spiro atoms. The minimum atomic E-state index is -0.277. The Kier molecular flexibility index (Phi) is 5.39. The summed E-state index contributed by atoms with van der Waals surface area (Å²) < 4.78 is 11.5. The van der Waals surface area contributed by atoms with Crippen molar-refractivity contribution < 1.29 is 13.9 Å². The number of amides is 1. The summed E-state index contributed by atoms with van der Waals surface area (Å²) in [5.41, 5.74) is 3.13. The Hall–Kier alpha value is -3.06. The number of furan rings is 1. The van der Waals surface area contributed by atoms with E-state index < -0.39 is 0 Å². The van der Waals surface area contributed by atoms with E-state index in [1.165, 1.54) is 11.8 Å². The second-order valence-corrected chi connectivity index (χ2v) is 8.10. The monoisotopic (exact) mass is 421 g/mol. The highest BCUT2D eigenvalue weighted by Gasteiger charge is 2.21. The van der Waals surface area contributed by atoms with E-state index in [1.54, 1.807) is 13.2 Å². The van der Waals surface area contributed by atoms with Crippen LogP contribution in [-0.2, 0) is 0 Å². The van der Waals surface area contributed by atoms with Crippen LogP contribution in [0.25, 0.3) is 21.9 Å². The summed E-state index contributed by atoms with van der Waals surface area (Å²) in [7, 11) is 1.58. The van der Waals surface area contributed by atoms with Crippen molar-refractivity contribution in [3.63, 3.8) is 0 Å². The first-order valence-corrected chi connectivity index (χ1v) is 10.9. The molecule has 0 bridgehead atoms. The molecule has 1 amide bonds. The molecule has 6 nitrogen and oxygen atoms in total. The molecule has 0 atom stereocenters. The maximum atomic E-state index is 13.2. The van der Waals surface area contributed by atoms with Gasteiger partial charge in [-0.1, -0.05) is 32.0 Å². The summed E-state index contributed by atoms with van der Waals surface area (Å²) >= 11 is 1.43. The van der Waals surface area contributed by atoms with Crippen molar-refractivity contribution in [2.45, 2.75) is 31.7 Å². The molecule has 0 saturated heterocycles. The van der Waals surface area contributed by atoms with Gasteiger partial charge in [-0.15, -0.1) is 11.8 Å². The summed E-state index contributed by atoms with van der Waals surface area (Å²) in [5, 5.41) is 5.56. The van der Waals surface area contributed by atoms with Gasteiger partial charge in [0.15, 0.2) is 0 Å². The Labute approximate surface area is 179 Å². The Morgan fingerprint density at radius 1 is 1.13 bits per heavy atom. The Balaban J connectivity index is 1.77. The number of rotatable bonds is 5. The fourth-order valence-electron chi connectivity index (χ4n) is 3.44. The highest BCUT2D eigenvalue weighted by atomic mass is 32.2. The number of aromatic nitrogens is 2. The Morgan fingerprint density at radius 3 is 2.60 bits per heavy atom. The molecule has 2 aromatic heterocycles. The molecule has 0 radical (unpaired) electrons. The molecule has 0 aliphatic carbocycles. The van der Waals surface area contributed by atoms with Gasteiger partial charge in [0, 0.05) is 22.8 Å². The van der Waals surface area contributed by atoms with Gasteiger partial charge < -0.3 is 14.5 Å². The van der Waals surface area contributed by atoms with Crippen molar-refractivity contribution in [1.29, 1.82) is 0 Å². The average Bonchev–Trinajstić information content (AvgIpc) is 3.09. The second-order valence-electron chi connectivity index (χ2n) is 7.31. The number of anilines is 1. The van der Waals surface area contributed by atoms with E-state index in [9.17, 15) is 4.79 Å². The van der Waals surface area contributed by atoms with Crippen LogP contribution >= 0.6 is 11.8 Å². The number of methoxy groups -OCH3 is 1. The zero-order valence-corrected chi connectivity index (χ0v) is 18.4. The first-order valence-electron chi connectivity index (χ1n) is 9.66. The molecule has 7 heteroatoms. The first kappa shape index (κ1) is 20.2. The topological polar surface area (TPSA) is 77.2 Å². The number of fused-ring (bicyclic) bond motifs is 3. The molecule has 0 saturated carbocycles. The molecule has 2 heterocycles. The summed E-state index contributed by atoms with van der Waals surface area (Å²) in [5.74, 6) is 1.20. The third kappa shape index (κ3) is 3.50. The molecule has 0 unspecified atom stereocenters. The molecule has 154 valence electrons. The number of nitrogens with zero attached hydrogens (tertiary/aromatic N) is 2. The fraction of sp³-hybridized carbons (Fsp3) is 0.261. The van der Waals surface area contributed by atoms with Crippen molar-refractivity contribution >= 4 is 45.3 Å². The number of ether oxygens (including phenoxy) is 1. The molecule has 4 rings (SSSR count). The van der Waals surface area contributed by atoms with E-state index >= 15 is 0 Å². The first-order chi connectivity index (χ1) is 14.4. The predicted molar refractivity (Wildman–Crippen MR) is 121 cm³/mol. The van der Waals surface area contributed by atoms with Gasteiger partial charge >= 0.3 is 0 Å². The van der Waals surface area contributed by atoms with Crippen LogP contribution in [0, 0.1) is 6.92 Å². The predicted octanol–water partition coefficient (Wildman–Crippen LogP) is 5.79. The molecule has 0 fully saturated rings. The van der Waals surface area contributed by atoms with Crippen molar-refractivity contribution in [2.75, 3.05) is 18.7 Å². The molecule has 0 aliphatic rings. The number of hydrogen-bond acceptors (Lipinski definition) is 6. The van der Waals surface area contributed by atoms with Crippen molar-refractivity contribution in [3.05, 3.63) is 53.5 Å². The van der Waals surface area contributed by atoms with Crippen LogP contribution in [0.15, 0.2) is 45.8 Å². The minimum absolute atomic E-state index is 0.183. The Bertz CT molecular complexity index is 1260. The number of thioether (sulfide) groups is 1. The van der Waals surface area contributed by atoms with Gasteiger partial charge in [0.2, 0.25) is 0 Å². The second kappa shape index (κ2) is 7.99. The van der Waals surface area contributed by atoms with E-state index in [2.05, 4.69) is 15.3 Å². The van der Waals surface area contributed by atoms with Gasteiger partial charge in [-0.3, -0.25) is 4.79 Å². The molecule has 4 aromatic rings. The summed E-state index contributed by atoms with van der Waals surface area (Å²) in [4.78, 5) is 22.3. The molecule has 1 N–H and O–H groups in total. The summed E-state index contributed by atoms with van der Waals surface area (Å²) in [6.07, 6.45) is 1.91. The van der Waals surface area contributed by atoms with E-state index in [0.717, 1.165) is 22.2 Å². The zero-order valence-electron chi connectivity index (χ0n) is 17.6. The quantitative estimate of drug-likeness (QED) is 0.325. The van der Waals surface area contributed by atoms with Crippen LogP contribution in [0.1, 0.15) is 41.6 Å². The van der Waals surface area contributed by atoms with Gasteiger partial charge in [-0.25, -0.2) is 9.97 Å². The van der Waals surface area contributed by atoms with Gasteiger partial charge in [0.05, 0.1) is 24.1 Å². The number of aryl methyl sites for hydroxylation is 1. The maximum Gasteiger partial charge on any atom is 0.260 e. The van der Waals surface area contributed by atoms with Crippen LogP contribution in [-0.4, -0.2) is 29.2 Å². The number of benzene rings is 2. The standard InChI is InChI=1S/C23H23N3O3S/c1-12(2)21-24-13(3)20(23(26-21)30-5)22(27)25-16-11-18-15(10-19(16)28-4)14-8-6-7-9-17(14)29-18/h6-12H,1-5H3,(H,25,27). The highest BCUT2D eigenvalue weighted by molar-refractivity contribution is 7.98. The molecule has 0 aliphatic heterocycles. The van der Waals surface area contributed by atoms with Crippen LogP contribution in [0.4, 0.5) is 5.69 Å². The molecule has 2 aromatic carbocycles. The highest BCUT2D eigenvalue weighted by Crippen LogP contribution is 2.37. The number of hydrogen-bond donors (Lipinski definition) is 1. The van der Waals surface area contributed by atoms with E-state index in [4.69, 9.17) is 9.15 Å². The smallest absolute Gasteiger partial charge is 0.260 e. The Morgan fingerprint density at radius 2 is 1.90 bits per heavy atom. The molecular formula is C23H23N3O3S. The number of carbonyl (C=O) groups is 1. The summed E-state index contributed by atoms with van der Waals surface area (Å²) in [6, 6.07) is 11.5. The van der Waals surface area contributed by atoms with Gasteiger partial charge in [-0.2, -0.15) is 0 Å². The van der Waals surface area contributed by atoms with Crippen LogP contribution in [0.5, 0.6) is 5.75 Å². The van der Waals surface area contributed by atoms with Crippen molar-refractivity contribution in [1.82, 2.24) is 9.97 Å². The van der Waals surface area contributed by atoms with Crippen LogP contribution in [0.3, 0.4) is 0 Å². The number of carbonyl (C=O) groups excluding carboxylic acids is 1. The molecule has 30 heavy (non-hydrogen) atoms.